The molecule has 0 aliphatic rings. The van der Waals surface area contributed by atoms with Gasteiger partial charge in [0.25, 0.3) is 0 Å². The van der Waals surface area contributed by atoms with Gasteiger partial charge in [0.05, 0.1) is 0 Å². The van der Waals surface area contributed by atoms with Crippen molar-refractivity contribution in [3.05, 3.63) is 30.1 Å². The van der Waals surface area contributed by atoms with Crippen molar-refractivity contribution >= 4 is 18.7 Å². The molecular weight excluding hydrogens is 130 g/mol. The second-order valence-electron chi connectivity index (χ2n) is 1.73. The number of hydrogen-bond acceptors (Lipinski definition) is 1. The Labute approximate surface area is 60.2 Å². The van der Waals surface area contributed by atoms with E-state index in [-0.39, 0.29) is 0 Å². The monoisotopic (exact) mass is 139 g/mol. The van der Waals surface area contributed by atoms with Crippen LogP contribution in [0.4, 0.5) is 0 Å². The first-order valence-corrected chi connectivity index (χ1v) is 3.47. The van der Waals surface area contributed by atoms with Crippen LogP contribution in [0.5, 0.6) is 0 Å². The van der Waals surface area contributed by atoms with Crippen molar-refractivity contribution in [1.82, 2.24) is 4.98 Å². The minimum Gasteiger partial charge on any atom is -0.367 e. The van der Waals surface area contributed by atoms with Crippen LogP contribution in [0.2, 0.25) is 0 Å². The predicted octanol–water partition coefficient (Wildman–Crippen LogP) is 1.96. The Hall–Kier alpha value is -0.630. The van der Waals surface area contributed by atoms with Gasteiger partial charge in [0.15, 0.2) is 0 Å². The molecule has 1 heterocycles. The quantitative estimate of drug-likeness (QED) is 0.583. The van der Waals surface area contributed by atoms with Gasteiger partial charge < -0.3 is 4.98 Å². The maximum Gasteiger partial charge on any atom is 0.00858 e. The highest BCUT2D eigenvalue weighted by atomic mass is 32.1. The SMILES string of the molecule is SCC=Cc1cc[nH]c1. The molecule has 0 saturated heterocycles. The molecule has 0 amide bonds. The number of nitrogens with one attached hydrogen (secondary N) is 1. The van der Waals surface area contributed by atoms with Crippen LogP contribution in [0.15, 0.2) is 24.5 Å². The zero-order valence-corrected chi connectivity index (χ0v) is 5.94. The van der Waals surface area contributed by atoms with E-state index in [2.05, 4.69) is 17.6 Å². The van der Waals surface area contributed by atoms with Crippen molar-refractivity contribution in [2.75, 3.05) is 5.75 Å². The van der Waals surface area contributed by atoms with E-state index in [1.807, 2.05) is 30.6 Å². The molecule has 0 saturated carbocycles. The van der Waals surface area contributed by atoms with E-state index < -0.39 is 0 Å². The zero-order chi connectivity index (χ0) is 6.53. The van der Waals surface area contributed by atoms with E-state index in [0.29, 0.717) is 0 Å². The third-order valence-corrected chi connectivity index (χ3v) is 1.25. The summed E-state index contributed by atoms with van der Waals surface area (Å²) in [7, 11) is 0. The summed E-state index contributed by atoms with van der Waals surface area (Å²) in [6, 6.07) is 2.01. The van der Waals surface area contributed by atoms with Crippen LogP contribution < -0.4 is 0 Å². The molecule has 0 aromatic carbocycles. The van der Waals surface area contributed by atoms with Gasteiger partial charge in [-0.05, 0) is 11.6 Å². The van der Waals surface area contributed by atoms with Crippen LogP contribution in [0.25, 0.3) is 6.08 Å². The zero-order valence-electron chi connectivity index (χ0n) is 5.04. The number of aromatic nitrogens is 1. The minimum atomic E-state index is 0.797. The van der Waals surface area contributed by atoms with Crippen LogP contribution in [0.3, 0.4) is 0 Å². The lowest BCUT2D eigenvalue weighted by Gasteiger charge is -1.78. The van der Waals surface area contributed by atoms with Crippen molar-refractivity contribution < 1.29 is 0 Å². The third kappa shape index (κ3) is 1.98. The molecule has 9 heavy (non-hydrogen) atoms. The van der Waals surface area contributed by atoms with Crippen LogP contribution in [-0.2, 0) is 0 Å². The highest BCUT2D eigenvalue weighted by Gasteiger charge is 1.80. The van der Waals surface area contributed by atoms with Gasteiger partial charge in [-0.2, -0.15) is 12.6 Å². The molecule has 1 aromatic heterocycles. The third-order valence-electron chi connectivity index (χ3n) is 1.04. The van der Waals surface area contributed by atoms with E-state index in [1.165, 1.54) is 5.56 Å². The first kappa shape index (κ1) is 6.49. The van der Waals surface area contributed by atoms with Crippen LogP contribution in [-0.4, -0.2) is 10.7 Å². The summed E-state index contributed by atoms with van der Waals surface area (Å²) in [5.74, 6) is 0.797. The Morgan fingerprint density at radius 2 is 2.56 bits per heavy atom. The molecule has 2 heteroatoms. The van der Waals surface area contributed by atoms with Crippen molar-refractivity contribution in [2.45, 2.75) is 0 Å². The minimum absolute atomic E-state index is 0.797. The fraction of sp³-hybridized carbons (Fsp3) is 0.143. The summed E-state index contributed by atoms with van der Waals surface area (Å²) >= 11 is 4.03. The lowest BCUT2D eigenvalue weighted by molar-refractivity contribution is 1.41. The van der Waals surface area contributed by atoms with Gasteiger partial charge in [-0.15, -0.1) is 0 Å². The van der Waals surface area contributed by atoms with Gasteiger partial charge in [-0.1, -0.05) is 12.2 Å². The molecule has 0 atom stereocenters. The average molecular weight is 139 g/mol. The second kappa shape index (κ2) is 3.41. The Balaban J connectivity index is 2.57. The summed E-state index contributed by atoms with van der Waals surface area (Å²) in [6.07, 6.45) is 7.88. The summed E-state index contributed by atoms with van der Waals surface area (Å²) in [5, 5.41) is 0. The molecule has 1 aromatic rings. The van der Waals surface area contributed by atoms with E-state index in [1.54, 1.807) is 0 Å². The molecular formula is C7H9NS. The van der Waals surface area contributed by atoms with Crippen molar-refractivity contribution in [3.8, 4) is 0 Å². The van der Waals surface area contributed by atoms with E-state index in [4.69, 9.17) is 0 Å². The van der Waals surface area contributed by atoms with Gasteiger partial charge in [0.2, 0.25) is 0 Å². The van der Waals surface area contributed by atoms with E-state index in [0.717, 1.165) is 5.75 Å². The maximum absolute atomic E-state index is 4.03. The number of H-pyrrole nitrogens is 1. The fourth-order valence-electron chi connectivity index (χ4n) is 0.629. The Morgan fingerprint density at radius 3 is 3.11 bits per heavy atom. The summed E-state index contributed by atoms with van der Waals surface area (Å²) in [6.45, 7) is 0. The molecule has 0 spiro atoms. The highest BCUT2D eigenvalue weighted by molar-refractivity contribution is 7.80. The lowest BCUT2D eigenvalue weighted by atomic mass is 10.3. The molecule has 0 aliphatic carbocycles. The smallest absolute Gasteiger partial charge is 0.00858 e. The standard InChI is InChI=1S/C7H9NS/c9-5-1-2-7-3-4-8-6-7/h1-4,6,8-9H,5H2. The largest absolute Gasteiger partial charge is 0.367 e. The number of rotatable bonds is 2. The van der Waals surface area contributed by atoms with Crippen LogP contribution in [0, 0.1) is 0 Å². The van der Waals surface area contributed by atoms with Gasteiger partial charge >= 0.3 is 0 Å². The molecule has 0 fully saturated rings. The first-order chi connectivity index (χ1) is 4.43. The number of hydrogen-bond donors (Lipinski definition) is 2. The van der Waals surface area contributed by atoms with Crippen molar-refractivity contribution in [3.63, 3.8) is 0 Å². The normalized spacial score (nSPS) is 10.8. The topological polar surface area (TPSA) is 15.8 Å². The number of thiol groups is 1. The number of aromatic amines is 1. The summed E-state index contributed by atoms with van der Waals surface area (Å²) in [4.78, 5) is 2.96. The Morgan fingerprint density at radius 1 is 1.67 bits per heavy atom. The van der Waals surface area contributed by atoms with Gasteiger partial charge in [0, 0.05) is 18.1 Å². The maximum atomic E-state index is 4.03. The van der Waals surface area contributed by atoms with Gasteiger partial charge in [-0.3, -0.25) is 0 Å². The Kier molecular flexibility index (Phi) is 2.46. The molecule has 1 rings (SSSR count). The molecule has 1 N–H and O–H groups in total. The predicted molar refractivity (Wildman–Crippen MR) is 43.7 cm³/mol. The van der Waals surface area contributed by atoms with Gasteiger partial charge in [0.1, 0.15) is 0 Å². The van der Waals surface area contributed by atoms with Crippen molar-refractivity contribution in [2.24, 2.45) is 0 Å². The lowest BCUT2D eigenvalue weighted by Crippen LogP contribution is -1.61. The summed E-state index contributed by atoms with van der Waals surface area (Å²) in [5.41, 5.74) is 1.20. The van der Waals surface area contributed by atoms with Crippen LogP contribution in [0.1, 0.15) is 5.56 Å². The second-order valence-corrected chi connectivity index (χ2v) is 2.09. The molecule has 0 aliphatic heterocycles. The van der Waals surface area contributed by atoms with E-state index in [9.17, 15) is 0 Å². The fourth-order valence-corrected chi connectivity index (χ4v) is 0.735. The molecule has 1 nitrogen and oxygen atoms in total. The van der Waals surface area contributed by atoms with Crippen LogP contribution >= 0.6 is 12.6 Å². The summed E-state index contributed by atoms with van der Waals surface area (Å²) < 4.78 is 0. The molecule has 48 valence electrons. The first-order valence-electron chi connectivity index (χ1n) is 2.83. The van der Waals surface area contributed by atoms with E-state index >= 15 is 0 Å². The molecule has 0 radical (unpaired) electrons. The molecule has 0 bridgehead atoms. The van der Waals surface area contributed by atoms with Gasteiger partial charge in [-0.25, -0.2) is 0 Å². The Bertz CT molecular complexity index is 177. The van der Waals surface area contributed by atoms with Crippen molar-refractivity contribution in [1.29, 1.82) is 0 Å². The molecule has 0 unspecified atom stereocenters. The highest BCUT2D eigenvalue weighted by Crippen LogP contribution is 1.98. The average Bonchev–Trinajstić information content (AvgIpc) is 2.34.